The quantitative estimate of drug-likeness (QED) is 0.394. The monoisotopic (exact) mass is 574 g/mol. The number of carbonyl (C=O) groups is 1. The highest BCUT2D eigenvalue weighted by Crippen LogP contribution is 2.33. The van der Waals surface area contributed by atoms with Crippen molar-refractivity contribution in [1.82, 2.24) is 9.62 Å². The second-order valence-electron chi connectivity index (χ2n) is 10.8. The molecule has 0 radical (unpaired) electrons. The van der Waals surface area contributed by atoms with E-state index < -0.39 is 34.4 Å². The number of hydrogen-bond acceptors (Lipinski definition) is 8. The summed E-state index contributed by atoms with van der Waals surface area (Å²) in [6.45, 7) is 0.602. The first kappa shape index (κ1) is 28.8. The largest absolute Gasteiger partial charge is 0.508 e. The lowest BCUT2D eigenvalue weighted by Crippen LogP contribution is -2.53. The standard InChI is InChI=1S/C29H38N2O8S/c32-22-11-13-23(14-12-22)40(35,36)31(21-9-5-2-6-10-21)18-26(33)25(17-20-7-3-1-4-8-20)30-29(34)39-27-19-38-28-24(27)15-16-37-28/h1,3-4,7-8,11-14,21,24-28,32-33H,2,5-6,9-10,15-19H2,(H,30,34)/t24?,25-,26+,27?,28?/m0/s1. The van der Waals surface area contributed by atoms with E-state index >= 15 is 0 Å². The summed E-state index contributed by atoms with van der Waals surface area (Å²) in [5.74, 6) is -0.0579. The van der Waals surface area contributed by atoms with Gasteiger partial charge in [-0.05, 0) is 55.5 Å². The van der Waals surface area contributed by atoms with E-state index in [4.69, 9.17) is 14.2 Å². The Morgan fingerprint density at radius 1 is 1.02 bits per heavy atom. The number of aromatic hydroxyl groups is 1. The molecule has 3 fully saturated rings. The summed E-state index contributed by atoms with van der Waals surface area (Å²) in [7, 11) is -3.99. The topological polar surface area (TPSA) is 135 Å². The molecule has 5 atom stereocenters. The van der Waals surface area contributed by atoms with Crippen molar-refractivity contribution in [2.24, 2.45) is 5.92 Å². The summed E-state index contributed by atoms with van der Waals surface area (Å²) >= 11 is 0. The average molecular weight is 575 g/mol. The van der Waals surface area contributed by atoms with Gasteiger partial charge < -0.3 is 29.7 Å². The molecule has 2 aromatic rings. The zero-order chi connectivity index (χ0) is 28.1. The number of hydrogen-bond donors (Lipinski definition) is 3. The van der Waals surface area contributed by atoms with E-state index in [1.807, 2.05) is 30.3 Å². The van der Waals surface area contributed by atoms with Crippen molar-refractivity contribution in [3.63, 3.8) is 0 Å². The van der Waals surface area contributed by atoms with Gasteiger partial charge in [0.15, 0.2) is 6.29 Å². The van der Waals surface area contributed by atoms with E-state index in [1.54, 1.807) is 0 Å². The predicted octanol–water partition coefficient (Wildman–Crippen LogP) is 3.18. The maximum atomic E-state index is 13.8. The van der Waals surface area contributed by atoms with Crippen LogP contribution in [-0.2, 0) is 30.7 Å². The number of benzene rings is 2. The zero-order valence-electron chi connectivity index (χ0n) is 22.4. The number of phenols is 1. The minimum Gasteiger partial charge on any atom is -0.508 e. The van der Waals surface area contributed by atoms with E-state index in [-0.39, 0.29) is 48.5 Å². The van der Waals surface area contributed by atoms with Gasteiger partial charge in [0.2, 0.25) is 10.0 Å². The fraction of sp³-hybridized carbons (Fsp3) is 0.552. The molecular formula is C29H38N2O8S. The Hall–Kier alpha value is -2.70. The summed E-state index contributed by atoms with van der Waals surface area (Å²) in [5.41, 5.74) is 0.880. The molecular weight excluding hydrogens is 536 g/mol. The first-order chi connectivity index (χ1) is 19.3. The number of aliphatic hydroxyl groups excluding tert-OH is 1. The lowest BCUT2D eigenvalue weighted by molar-refractivity contribution is -0.0907. The number of sulfonamides is 1. The highest BCUT2D eigenvalue weighted by Gasteiger charge is 2.44. The number of aliphatic hydroxyl groups is 1. The minimum atomic E-state index is -3.99. The van der Waals surface area contributed by atoms with Crippen LogP contribution < -0.4 is 5.32 Å². The van der Waals surface area contributed by atoms with Gasteiger partial charge in [-0.2, -0.15) is 4.31 Å². The molecule has 2 heterocycles. The SMILES string of the molecule is O=C(N[C@@H](Cc1ccccc1)[C@H](O)CN(C1CCCCC1)S(=O)(=O)c1ccc(O)cc1)OC1COC2OCCC12. The molecule has 2 aromatic carbocycles. The number of nitrogens with one attached hydrogen (secondary N) is 1. The number of ether oxygens (including phenoxy) is 3. The van der Waals surface area contributed by atoms with Crippen LogP contribution in [0.5, 0.6) is 5.75 Å². The summed E-state index contributed by atoms with van der Waals surface area (Å²) in [4.78, 5) is 13.1. The van der Waals surface area contributed by atoms with Crippen LogP contribution >= 0.6 is 0 Å². The first-order valence-corrected chi connectivity index (χ1v) is 15.5. The Balaban J connectivity index is 1.35. The number of fused-ring (bicyclic) bond motifs is 1. The van der Waals surface area contributed by atoms with Gasteiger partial charge in [0, 0.05) is 12.6 Å². The maximum absolute atomic E-state index is 13.8. The maximum Gasteiger partial charge on any atom is 0.407 e. The lowest BCUT2D eigenvalue weighted by Gasteiger charge is -2.36. The molecule has 5 rings (SSSR count). The van der Waals surface area contributed by atoms with Crippen molar-refractivity contribution >= 4 is 16.1 Å². The van der Waals surface area contributed by atoms with Crippen molar-refractivity contribution in [1.29, 1.82) is 0 Å². The molecule has 3 N–H and O–H groups in total. The second-order valence-corrected chi connectivity index (χ2v) is 12.7. The van der Waals surface area contributed by atoms with Crippen LogP contribution in [0.3, 0.4) is 0 Å². The Morgan fingerprint density at radius 3 is 2.48 bits per heavy atom. The van der Waals surface area contributed by atoms with E-state index in [9.17, 15) is 23.4 Å². The minimum absolute atomic E-state index is 0.0273. The molecule has 2 aliphatic heterocycles. The van der Waals surface area contributed by atoms with Gasteiger partial charge in [0.05, 0.1) is 36.2 Å². The van der Waals surface area contributed by atoms with E-state index in [2.05, 4.69) is 5.32 Å². The van der Waals surface area contributed by atoms with Gasteiger partial charge in [0.25, 0.3) is 0 Å². The van der Waals surface area contributed by atoms with Crippen molar-refractivity contribution in [2.45, 2.75) is 80.4 Å². The molecule has 218 valence electrons. The molecule has 0 aromatic heterocycles. The Morgan fingerprint density at radius 2 is 1.75 bits per heavy atom. The van der Waals surface area contributed by atoms with E-state index in [0.29, 0.717) is 19.4 Å². The smallest absolute Gasteiger partial charge is 0.407 e. The van der Waals surface area contributed by atoms with Gasteiger partial charge in [-0.1, -0.05) is 49.6 Å². The predicted molar refractivity (Wildman–Crippen MR) is 146 cm³/mol. The first-order valence-electron chi connectivity index (χ1n) is 14.0. The molecule has 2 saturated heterocycles. The van der Waals surface area contributed by atoms with Crippen LogP contribution in [0.25, 0.3) is 0 Å². The second kappa shape index (κ2) is 12.9. The zero-order valence-corrected chi connectivity index (χ0v) is 23.2. The highest BCUT2D eigenvalue weighted by atomic mass is 32.2. The highest BCUT2D eigenvalue weighted by molar-refractivity contribution is 7.89. The number of nitrogens with zero attached hydrogens (tertiary/aromatic N) is 1. The van der Waals surface area contributed by atoms with Gasteiger partial charge in [-0.25, -0.2) is 13.2 Å². The fourth-order valence-electron chi connectivity index (χ4n) is 5.90. The molecule has 10 nitrogen and oxygen atoms in total. The van der Waals surface area contributed by atoms with Gasteiger partial charge >= 0.3 is 6.09 Å². The van der Waals surface area contributed by atoms with E-state index in [1.165, 1.54) is 28.6 Å². The third kappa shape index (κ3) is 6.77. The number of rotatable bonds is 10. The van der Waals surface area contributed by atoms with Gasteiger partial charge in [-0.15, -0.1) is 0 Å². The van der Waals surface area contributed by atoms with Crippen LogP contribution in [0, 0.1) is 5.92 Å². The molecule has 1 saturated carbocycles. The van der Waals surface area contributed by atoms with Crippen LogP contribution in [-0.4, -0.2) is 79.4 Å². The molecule has 3 aliphatic rings. The Bertz CT molecular complexity index is 1220. The van der Waals surface area contributed by atoms with Crippen molar-refractivity contribution in [2.75, 3.05) is 19.8 Å². The number of phenolic OH excluding ortho intramolecular Hbond substituents is 1. The van der Waals surface area contributed by atoms with Crippen LogP contribution in [0.15, 0.2) is 59.5 Å². The van der Waals surface area contributed by atoms with Crippen molar-refractivity contribution in [3.05, 3.63) is 60.2 Å². The molecule has 0 bridgehead atoms. The summed E-state index contributed by atoms with van der Waals surface area (Å²) in [6.07, 6.45) is 2.52. The van der Waals surface area contributed by atoms with E-state index in [0.717, 1.165) is 31.2 Å². The number of amides is 1. The third-order valence-electron chi connectivity index (χ3n) is 8.10. The summed E-state index contributed by atoms with van der Waals surface area (Å²) in [5, 5.41) is 24.0. The molecule has 3 unspecified atom stereocenters. The Labute approximate surface area is 235 Å². The molecule has 1 amide bonds. The lowest BCUT2D eigenvalue weighted by atomic mass is 9.95. The van der Waals surface area contributed by atoms with Crippen molar-refractivity contribution < 1.29 is 37.6 Å². The molecule has 11 heteroatoms. The fourth-order valence-corrected chi connectivity index (χ4v) is 7.60. The summed E-state index contributed by atoms with van der Waals surface area (Å²) in [6, 6.07) is 13.7. The summed E-state index contributed by atoms with van der Waals surface area (Å²) < 4.78 is 45.8. The molecule has 40 heavy (non-hydrogen) atoms. The van der Waals surface area contributed by atoms with Crippen LogP contribution in [0.1, 0.15) is 44.1 Å². The van der Waals surface area contributed by atoms with Crippen LogP contribution in [0.4, 0.5) is 4.79 Å². The van der Waals surface area contributed by atoms with Crippen LogP contribution in [0.2, 0.25) is 0 Å². The Kier molecular flexibility index (Phi) is 9.27. The number of alkyl carbamates (subject to hydrolysis) is 1. The number of carbonyl (C=O) groups excluding carboxylic acids is 1. The normalized spacial score (nSPS) is 24.9. The third-order valence-corrected chi connectivity index (χ3v) is 10.0. The average Bonchev–Trinajstić information content (AvgIpc) is 3.58. The van der Waals surface area contributed by atoms with Gasteiger partial charge in [0.1, 0.15) is 11.9 Å². The van der Waals surface area contributed by atoms with Crippen molar-refractivity contribution in [3.8, 4) is 5.75 Å². The molecule has 0 spiro atoms. The molecule has 1 aliphatic carbocycles. The van der Waals surface area contributed by atoms with Gasteiger partial charge in [-0.3, -0.25) is 0 Å².